The molecule has 0 bridgehead atoms. The van der Waals surface area contributed by atoms with Gasteiger partial charge in [-0.3, -0.25) is 0 Å². The predicted molar refractivity (Wildman–Crippen MR) is 80.8 cm³/mol. The van der Waals surface area contributed by atoms with Crippen LogP contribution in [0.1, 0.15) is 38.6 Å². The number of nitrogens with one attached hydrogen (secondary N) is 1. The Bertz CT molecular complexity index is 528. The van der Waals surface area contributed by atoms with Gasteiger partial charge in [-0.05, 0) is 25.0 Å². The maximum Gasteiger partial charge on any atom is 0.134 e. The van der Waals surface area contributed by atoms with E-state index in [4.69, 9.17) is 9.15 Å². The van der Waals surface area contributed by atoms with Gasteiger partial charge in [0.15, 0.2) is 0 Å². The second-order valence-electron chi connectivity index (χ2n) is 5.94. The van der Waals surface area contributed by atoms with Crippen LogP contribution in [0.15, 0.2) is 34.7 Å². The SMILES string of the molecule is CC(C)NCC1CCCOC1c1cc2ccccc2o1. The van der Waals surface area contributed by atoms with Crippen molar-refractivity contribution in [3.05, 3.63) is 36.1 Å². The average Bonchev–Trinajstić information content (AvgIpc) is 2.89. The molecular weight excluding hydrogens is 250 g/mol. The van der Waals surface area contributed by atoms with Gasteiger partial charge in [-0.1, -0.05) is 32.0 Å². The van der Waals surface area contributed by atoms with E-state index >= 15 is 0 Å². The number of hydrogen-bond acceptors (Lipinski definition) is 3. The summed E-state index contributed by atoms with van der Waals surface area (Å²) in [5.74, 6) is 1.47. The Morgan fingerprint density at radius 3 is 2.95 bits per heavy atom. The van der Waals surface area contributed by atoms with Crippen LogP contribution in [0.2, 0.25) is 0 Å². The summed E-state index contributed by atoms with van der Waals surface area (Å²) in [6, 6.07) is 10.8. The zero-order valence-corrected chi connectivity index (χ0v) is 12.3. The van der Waals surface area contributed by atoms with Gasteiger partial charge >= 0.3 is 0 Å². The van der Waals surface area contributed by atoms with Crippen LogP contribution < -0.4 is 5.32 Å². The van der Waals surface area contributed by atoms with Gasteiger partial charge in [0.05, 0.1) is 0 Å². The number of furan rings is 1. The van der Waals surface area contributed by atoms with E-state index in [2.05, 4.69) is 31.3 Å². The van der Waals surface area contributed by atoms with Crippen molar-refractivity contribution in [2.45, 2.75) is 38.8 Å². The predicted octanol–water partition coefficient (Wildman–Crippen LogP) is 3.90. The lowest BCUT2D eigenvalue weighted by molar-refractivity contribution is -0.0392. The molecule has 20 heavy (non-hydrogen) atoms. The Morgan fingerprint density at radius 1 is 1.30 bits per heavy atom. The van der Waals surface area contributed by atoms with Crippen molar-refractivity contribution in [2.24, 2.45) is 5.92 Å². The maximum atomic E-state index is 6.00. The van der Waals surface area contributed by atoms with Crippen LogP contribution >= 0.6 is 0 Å². The van der Waals surface area contributed by atoms with Crippen LogP contribution in [0.4, 0.5) is 0 Å². The molecule has 1 fully saturated rings. The lowest BCUT2D eigenvalue weighted by Crippen LogP contribution is -2.34. The number of hydrogen-bond donors (Lipinski definition) is 1. The van der Waals surface area contributed by atoms with E-state index in [1.54, 1.807) is 0 Å². The van der Waals surface area contributed by atoms with Crippen LogP contribution in [0, 0.1) is 5.92 Å². The van der Waals surface area contributed by atoms with Crippen LogP contribution in [-0.4, -0.2) is 19.2 Å². The fraction of sp³-hybridized carbons (Fsp3) is 0.529. The first-order chi connectivity index (χ1) is 9.74. The highest BCUT2D eigenvalue weighted by Crippen LogP contribution is 2.36. The molecule has 1 saturated heterocycles. The molecule has 2 aromatic rings. The Labute approximate surface area is 120 Å². The zero-order valence-electron chi connectivity index (χ0n) is 12.3. The molecule has 2 heterocycles. The Hall–Kier alpha value is -1.32. The Kier molecular flexibility index (Phi) is 4.08. The molecule has 3 nitrogen and oxygen atoms in total. The van der Waals surface area contributed by atoms with Crippen LogP contribution in [0.25, 0.3) is 11.0 Å². The summed E-state index contributed by atoms with van der Waals surface area (Å²) < 4.78 is 12.0. The molecule has 0 radical (unpaired) electrons. The van der Waals surface area contributed by atoms with E-state index in [0.29, 0.717) is 12.0 Å². The van der Waals surface area contributed by atoms with Crippen molar-refractivity contribution in [1.82, 2.24) is 5.32 Å². The van der Waals surface area contributed by atoms with E-state index in [0.717, 1.165) is 36.3 Å². The van der Waals surface area contributed by atoms with Crippen LogP contribution in [0.3, 0.4) is 0 Å². The van der Waals surface area contributed by atoms with E-state index in [9.17, 15) is 0 Å². The molecule has 2 atom stereocenters. The molecule has 108 valence electrons. The Balaban J connectivity index is 1.81. The summed E-state index contributed by atoms with van der Waals surface area (Å²) in [5, 5.41) is 4.69. The lowest BCUT2D eigenvalue weighted by Gasteiger charge is -2.31. The smallest absolute Gasteiger partial charge is 0.134 e. The fourth-order valence-electron chi connectivity index (χ4n) is 2.90. The monoisotopic (exact) mass is 273 g/mol. The third-order valence-corrected chi connectivity index (χ3v) is 3.96. The summed E-state index contributed by atoms with van der Waals surface area (Å²) in [6.45, 7) is 6.18. The Morgan fingerprint density at radius 2 is 2.15 bits per heavy atom. The standard InChI is InChI=1S/C17H23NO2/c1-12(2)18-11-14-7-5-9-19-17(14)16-10-13-6-3-4-8-15(13)20-16/h3-4,6,8,10,12,14,17-18H,5,7,9,11H2,1-2H3. The zero-order chi connectivity index (χ0) is 13.9. The summed E-state index contributed by atoms with van der Waals surface area (Å²) in [6.07, 6.45) is 2.42. The summed E-state index contributed by atoms with van der Waals surface area (Å²) in [4.78, 5) is 0. The molecule has 0 amide bonds. The minimum atomic E-state index is 0.0856. The molecule has 3 rings (SSSR count). The maximum absolute atomic E-state index is 6.00. The third kappa shape index (κ3) is 2.89. The van der Waals surface area contributed by atoms with Gasteiger partial charge in [0.2, 0.25) is 0 Å². The molecule has 1 aromatic carbocycles. The number of para-hydroxylation sites is 1. The minimum Gasteiger partial charge on any atom is -0.458 e. The highest BCUT2D eigenvalue weighted by molar-refractivity contribution is 5.77. The first-order valence-corrected chi connectivity index (χ1v) is 7.57. The van der Waals surface area contributed by atoms with Gasteiger partial charge in [0.1, 0.15) is 17.4 Å². The normalized spacial score (nSPS) is 23.6. The summed E-state index contributed by atoms with van der Waals surface area (Å²) in [5.41, 5.74) is 0.951. The van der Waals surface area contributed by atoms with Crippen molar-refractivity contribution >= 4 is 11.0 Å². The molecule has 0 saturated carbocycles. The van der Waals surface area contributed by atoms with E-state index in [-0.39, 0.29) is 6.10 Å². The van der Waals surface area contributed by atoms with E-state index in [1.165, 1.54) is 6.42 Å². The molecule has 1 aromatic heterocycles. The summed E-state index contributed by atoms with van der Waals surface area (Å²) >= 11 is 0. The topological polar surface area (TPSA) is 34.4 Å². The summed E-state index contributed by atoms with van der Waals surface area (Å²) in [7, 11) is 0. The second-order valence-corrected chi connectivity index (χ2v) is 5.94. The molecule has 0 spiro atoms. The number of rotatable bonds is 4. The quantitative estimate of drug-likeness (QED) is 0.917. The first kappa shape index (κ1) is 13.7. The highest BCUT2D eigenvalue weighted by Gasteiger charge is 2.30. The highest BCUT2D eigenvalue weighted by atomic mass is 16.5. The van der Waals surface area contributed by atoms with Gasteiger partial charge in [-0.25, -0.2) is 0 Å². The van der Waals surface area contributed by atoms with Crippen LogP contribution in [0.5, 0.6) is 0 Å². The lowest BCUT2D eigenvalue weighted by atomic mass is 9.92. The van der Waals surface area contributed by atoms with E-state index < -0.39 is 0 Å². The van der Waals surface area contributed by atoms with Crippen molar-refractivity contribution in [1.29, 1.82) is 0 Å². The third-order valence-electron chi connectivity index (χ3n) is 3.96. The minimum absolute atomic E-state index is 0.0856. The average molecular weight is 273 g/mol. The van der Waals surface area contributed by atoms with Gasteiger partial charge in [-0.2, -0.15) is 0 Å². The molecule has 1 N–H and O–H groups in total. The van der Waals surface area contributed by atoms with Gasteiger partial charge in [0, 0.05) is 30.5 Å². The molecule has 3 heteroatoms. The van der Waals surface area contributed by atoms with Crippen molar-refractivity contribution in [3.63, 3.8) is 0 Å². The molecular formula is C17H23NO2. The van der Waals surface area contributed by atoms with Gasteiger partial charge in [-0.15, -0.1) is 0 Å². The van der Waals surface area contributed by atoms with Crippen molar-refractivity contribution in [2.75, 3.05) is 13.2 Å². The second kappa shape index (κ2) is 5.98. The number of fused-ring (bicyclic) bond motifs is 1. The molecule has 0 aliphatic carbocycles. The van der Waals surface area contributed by atoms with Gasteiger partial charge < -0.3 is 14.5 Å². The molecule has 2 unspecified atom stereocenters. The largest absolute Gasteiger partial charge is 0.458 e. The molecule has 1 aliphatic rings. The first-order valence-electron chi connectivity index (χ1n) is 7.57. The van der Waals surface area contributed by atoms with E-state index in [1.807, 2.05) is 18.2 Å². The van der Waals surface area contributed by atoms with Crippen molar-refractivity contribution < 1.29 is 9.15 Å². The van der Waals surface area contributed by atoms with Gasteiger partial charge in [0.25, 0.3) is 0 Å². The fourth-order valence-corrected chi connectivity index (χ4v) is 2.90. The number of ether oxygens (including phenoxy) is 1. The molecule has 1 aliphatic heterocycles. The van der Waals surface area contributed by atoms with Crippen LogP contribution in [-0.2, 0) is 4.74 Å². The number of benzene rings is 1. The van der Waals surface area contributed by atoms with Crippen molar-refractivity contribution in [3.8, 4) is 0 Å².